The highest BCUT2D eigenvalue weighted by Crippen LogP contribution is 2.25. The molecule has 0 aliphatic carbocycles. The maximum atomic E-state index is 12.2. The lowest BCUT2D eigenvalue weighted by Gasteiger charge is -2.22. The zero-order valence-corrected chi connectivity index (χ0v) is 10.3. The predicted octanol–water partition coefficient (Wildman–Crippen LogP) is 2.97. The van der Waals surface area contributed by atoms with Gasteiger partial charge in [-0.2, -0.15) is 5.10 Å². The largest absolute Gasteiger partial charge is 0.272 e. The van der Waals surface area contributed by atoms with Gasteiger partial charge in [0.25, 0.3) is 5.91 Å². The van der Waals surface area contributed by atoms with E-state index in [1.165, 1.54) is 4.68 Å². The average Bonchev–Trinajstić information content (AvgIpc) is 2.43. The van der Waals surface area contributed by atoms with E-state index >= 15 is 0 Å². The van der Waals surface area contributed by atoms with Crippen LogP contribution in [0.15, 0.2) is 6.07 Å². The van der Waals surface area contributed by atoms with Gasteiger partial charge in [0, 0.05) is 11.1 Å². The van der Waals surface area contributed by atoms with Crippen LogP contribution in [0.3, 0.4) is 0 Å². The lowest BCUT2D eigenvalue weighted by molar-refractivity contribution is 0.0710. The van der Waals surface area contributed by atoms with Crippen molar-refractivity contribution in [3.05, 3.63) is 17.5 Å². The Morgan fingerprint density at radius 3 is 2.47 bits per heavy atom. The highest BCUT2D eigenvalue weighted by Gasteiger charge is 2.29. The number of carbonyl (C=O) groups is 1. The van der Waals surface area contributed by atoms with Gasteiger partial charge in [0.05, 0.1) is 5.69 Å². The van der Waals surface area contributed by atoms with Crippen molar-refractivity contribution in [2.45, 2.75) is 47.5 Å². The van der Waals surface area contributed by atoms with Gasteiger partial charge in [-0.3, -0.25) is 4.79 Å². The minimum Gasteiger partial charge on any atom is -0.272 e. The van der Waals surface area contributed by atoms with Crippen molar-refractivity contribution < 1.29 is 4.79 Å². The van der Waals surface area contributed by atoms with Crippen LogP contribution in [-0.4, -0.2) is 15.7 Å². The van der Waals surface area contributed by atoms with Crippen LogP contribution in [0.2, 0.25) is 0 Å². The summed E-state index contributed by atoms with van der Waals surface area (Å²) in [7, 11) is 0. The van der Waals surface area contributed by atoms with Gasteiger partial charge in [-0.05, 0) is 26.3 Å². The molecule has 3 heteroatoms. The summed E-state index contributed by atoms with van der Waals surface area (Å²) in [5.41, 5.74) is 1.49. The molecule has 0 atom stereocenters. The zero-order chi connectivity index (χ0) is 11.6. The van der Waals surface area contributed by atoms with Gasteiger partial charge in [0.15, 0.2) is 0 Å². The van der Waals surface area contributed by atoms with Crippen LogP contribution in [0, 0.1) is 19.3 Å². The molecule has 0 fully saturated rings. The summed E-state index contributed by atoms with van der Waals surface area (Å²) < 4.78 is 1.53. The SMILES string of the molecule is CCCC(C)(C)C(=O)n1nc(C)cc1C. The fraction of sp³-hybridized carbons (Fsp3) is 0.667. The van der Waals surface area contributed by atoms with Crippen LogP contribution >= 0.6 is 0 Å². The summed E-state index contributed by atoms with van der Waals surface area (Å²) in [4.78, 5) is 12.2. The van der Waals surface area contributed by atoms with Crippen LogP contribution < -0.4 is 0 Å². The van der Waals surface area contributed by atoms with E-state index in [1.807, 2.05) is 33.8 Å². The molecule has 1 rings (SSSR count). The van der Waals surface area contributed by atoms with Crippen molar-refractivity contribution in [2.24, 2.45) is 5.41 Å². The molecule has 1 aromatic rings. The second kappa shape index (κ2) is 4.17. The second-order valence-electron chi connectivity index (χ2n) is 4.78. The monoisotopic (exact) mass is 208 g/mol. The van der Waals surface area contributed by atoms with E-state index in [0.717, 1.165) is 24.2 Å². The number of rotatable bonds is 3. The van der Waals surface area contributed by atoms with E-state index in [0.29, 0.717) is 0 Å². The molecule has 0 radical (unpaired) electrons. The van der Waals surface area contributed by atoms with E-state index in [4.69, 9.17) is 0 Å². The third-order valence-electron chi connectivity index (χ3n) is 2.66. The van der Waals surface area contributed by atoms with Crippen molar-refractivity contribution in [3.63, 3.8) is 0 Å². The number of hydrogen-bond donors (Lipinski definition) is 0. The van der Waals surface area contributed by atoms with Crippen LogP contribution in [0.4, 0.5) is 0 Å². The lowest BCUT2D eigenvalue weighted by Crippen LogP contribution is -2.31. The van der Waals surface area contributed by atoms with Gasteiger partial charge in [-0.1, -0.05) is 27.2 Å². The quantitative estimate of drug-likeness (QED) is 0.765. The molecule has 0 bridgehead atoms. The summed E-state index contributed by atoms with van der Waals surface area (Å²) >= 11 is 0. The predicted molar refractivity (Wildman–Crippen MR) is 61.0 cm³/mol. The fourth-order valence-electron chi connectivity index (χ4n) is 1.85. The van der Waals surface area contributed by atoms with Gasteiger partial charge >= 0.3 is 0 Å². The van der Waals surface area contributed by atoms with E-state index in [-0.39, 0.29) is 11.3 Å². The summed E-state index contributed by atoms with van der Waals surface area (Å²) in [6.07, 6.45) is 1.90. The first-order valence-electron chi connectivity index (χ1n) is 5.46. The highest BCUT2D eigenvalue weighted by molar-refractivity contribution is 5.84. The third-order valence-corrected chi connectivity index (χ3v) is 2.66. The second-order valence-corrected chi connectivity index (χ2v) is 4.78. The number of nitrogens with zero attached hydrogens (tertiary/aromatic N) is 2. The Kier molecular flexibility index (Phi) is 3.32. The van der Waals surface area contributed by atoms with Gasteiger partial charge in [-0.15, -0.1) is 0 Å². The summed E-state index contributed by atoms with van der Waals surface area (Å²) in [6, 6.07) is 1.93. The molecule has 0 saturated heterocycles. The topological polar surface area (TPSA) is 34.9 Å². The maximum Gasteiger partial charge on any atom is 0.252 e. The molecular formula is C12H20N2O. The van der Waals surface area contributed by atoms with E-state index in [2.05, 4.69) is 12.0 Å². The third kappa shape index (κ3) is 2.46. The fourth-order valence-corrected chi connectivity index (χ4v) is 1.85. The molecule has 15 heavy (non-hydrogen) atoms. The minimum atomic E-state index is -0.321. The van der Waals surface area contributed by atoms with Crippen molar-refractivity contribution in [2.75, 3.05) is 0 Å². The molecule has 0 aliphatic rings. The molecule has 0 spiro atoms. The minimum absolute atomic E-state index is 0.0925. The first kappa shape index (κ1) is 12.0. The van der Waals surface area contributed by atoms with Crippen LogP contribution in [0.5, 0.6) is 0 Å². The number of aryl methyl sites for hydroxylation is 2. The normalized spacial score (nSPS) is 11.8. The molecule has 1 aromatic heterocycles. The van der Waals surface area contributed by atoms with Gasteiger partial charge < -0.3 is 0 Å². The average molecular weight is 208 g/mol. The Morgan fingerprint density at radius 1 is 1.47 bits per heavy atom. The van der Waals surface area contributed by atoms with Gasteiger partial charge in [-0.25, -0.2) is 4.68 Å². The zero-order valence-electron chi connectivity index (χ0n) is 10.3. The Bertz CT molecular complexity index is 364. The number of hydrogen-bond acceptors (Lipinski definition) is 2. The maximum absolute atomic E-state index is 12.2. The van der Waals surface area contributed by atoms with E-state index in [9.17, 15) is 4.79 Å². The number of carbonyl (C=O) groups excluding carboxylic acids is 1. The van der Waals surface area contributed by atoms with Crippen LogP contribution in [0.1, 0.15) is 49.8 Å². The molecule has 1 heterocycles. The summed E-state index contributed by atoms with van der Waals surface area (Å²) in [5, 5.41) is 4.23. The molecular weight excluding hydrogens is 188 g/mol. The van der Waals surface area contributed by atoms with E-state index in [1.54, 1.807) is 0 Å². The first-order valence-corrected chi connectivity index (χ1v) is 5.46. The molecule has 0 saturated carbocycles. The van der Waals surface area contributed by atoms with Gasteiger partial charge in [0.1, 0.15) is 0 Å². The molecule has 0 unspecified atom stereocenters. The molecule has 3 nitrogen and oxygen atoms in total. The lowest BCUT2D eigenvalue weighted by atomic mass is 9.87. The van der Waals surface area contributed by atoms with Crippen molar-refractivity contribution >= 4 is 5.91 Å². The molecule has 84 valence electrons. The van der Waals surface area contributed by atoms with Crippen molar-refractivity contribution in [3.8, 4) is 0 Å². The van der Waals surface area contributed by atoms with Crippen LogP contribution in [-0.2, 0) is 0 Å². The molecule has 0 aliphatic heterocycles. The molecule has 0 aromatic carbocycles. The highest BCUT2D eigenvalue weighted by atomic mass is 16.2. The van der Waals surface area contributed by atoms with Crippen LogP contribution in [0.25, 0.3) is 0 Å². The Balaban J connectivity index is 2.99. The van der Waals surface area contributed by atoms with Crippen molar-refractivity contribution in [1.29, 1.82) is 0 Å². The van der Waals surface area contributed by atoms with E-state index < -0.39 is 0 Å². The van der Waals surface area contributed by atoms with Gasteiger partial charge in [0.2, 0.25) is 0 Å². The Hall–Kier alpha value is -1.12. The summed E-state index contributed by atoms with van der Waals surface area (Å²) in [5.74, 6) is 0.0925. The first-order chi connectivity index (χ1) is 6.88. The standard InChI is InChI=1S/C12H20N2O/c1-6-7-12(4,5)11(15)14-10(3)8-9(2)13-14/h8H,6-7H2,1-5H3. The Labute approximate surface area is 91.5 Å². The Morgan fingerprint density at radius 2 is 2.07 bits per heavy atom. The molecule has 0 N–H and O–H groups in total. The van der Waals surface area contributed by atoms with Crippen molar-refractivity contribution in [1.82, 2.24) is 9.78 Å². The summed E-state index contributed by atoms with van der Waals surface area (Å²) in [6.45, 7) is 9.88. The smallest absolute Gasteiger partial charge is 0.252 e. The number of aromatic nitrogens is 2. The molecule has 0 amide bonds.